The van der Waals surface area contributed by atoms with Gasteiger partial charge in [0.05, 0.1) is 13.2 Å². The molecule has 0 aliphatic carbocycles. The molecule has 1 aromatic heterocycles. The Morgan fingerprint density at radius 3 is 1.93 bits per heavy atom. The summed E-state index contributed by atoms with van der Waals surface area (Å²) in [7, 11) is 0. The van der Waals surface area contributed by atoms with Crippen LogP contribution in [-0.4, -0.2) is 57.5 Å². The number of ether oxygens (including phenoxy) is 1. The van der Waals surface area contributed by atoms with Crippen LogP contribution in [-0.2, 0) is 4.74 Å². The largest absolute Gasteiger partial charge is 0.378 e. The number of hydrogen-bond acceptors (Lipinski definition) is 5. The molecule has 2 saturated heterocycles. The van der Waals surface area contributed by atoms with E-state index in [0.29, 0.717) is 0 Å². The van der Waals surface area contributed by atoms with E-state index in [1.165, 1.54) is 31.9 Å². The maximum atomic E-state index is 5.52. The molecular formula is C22H27N4OS+. The Labute approximate surface area is 169 Å². The van der Waals surface area contributed by atoms with Crippen LogP contribution in [0.1, 0.15) is 11.1 Å². The van der Waals surface area contributed by atoms with Crippen LogP contribution in [0.15, 0.2) is 24.3 Å². The first-order valence-electron chi connectivity index (χ1n) is 10.2. The van der Waals surface area contributed by atoms with Gasteiger partial charge in [-0.05, 0) is 37.1 Å². The molecule has 0 amide bonds. The molecule has 2 aromatic carbocycles. The Morgan fingerprint density at radius 2 is 1.36 bits per heavy atom. The number of piperazine rings is 1. The predicted molar refractivity (Wildman–Crippen MR) is 119 cm³/mol. The Bertz CT molecular complexity index is 947. The van der Waals surface area contributed by atoms with Gasteiger partial charge in [0, 0.05) is 62.8 Å². The van der Waals surface area contributed by atoms with Crippen molar-refractivity contribution in [2.24, 2.45) is 0 Å². The molecule has 0 saturated carbocycles. The first-order chi connectivity index (χ1) is 13.7. The van der Waals surface area contributed by atoms with Gasteiger partial charge >= 0.3 is 0 Å². The van der Waals surface area contributed by atoms with Crippen LogP contribution in [0.4, 0.5) is 11.4 Å². The van der Waals surface area contributed by atoms with Crippen molar-refractivity contribution in [1.82, 2.24) is 10.3 Å². The van der Waals surface area contributed by atoms with E-state index in [1.807, 2.05) is 11.3 Å². The number of morpholine rings is 1. The van der Waals surface area contributed by atoms with Crippen LogP contribution < -0.4 is 15.1 Å². The Morgan fingerprint density at radius 1 is 0.821 bits per heavy atom. The lowest BCUT2D eigenvalue weighted by Gasteiger charge is -2.29. The molecule has 3 aromatic rings. The fraction of sp³-hybridized carbons (Fsp3) is 0.455. The van der Waals surface area contributed by atoms with Crippen molar-refractivity contribution in [2.75, 3.05) is 62.3 Å². The van der Waals surface area contributed by atoms with Gasteiger partial charge in [-0.2, -0.15) is 0 Å². The minimum atomic E-state index is 0.809. The topological polar surface area (TPSA) is 40.6 Å². The van der Waals surface area contributed by atoms with Crippen molar-refractivity contribution >= 4 is 43.1 Å². The summed E-state index contributed by atoms with van der Waals surface area (Å²) in [5, 5.41) is 3.44. The molecule has 146 valence electrons. The molecule has 2 aliphatic rings. The summed E-state index contributed by atoms with van der Waals surface area (Å²) in [6.45, 7) is 12.2. The zero-order chi connectivity index (χ0) is 19.1. The minimum Gasteiger partial charge on any atom is -0.378 e. The van der Waals surface area contributed by atoms with Crippen LogP contribution in [0.5, 0.6) is 0 Å². The number of aryl methyl sites for hydroxylation is 2. The first-order valence-corrected chi connectivity index (χ1v) is 11.0. The number of benzene rings is 2. The van der Waals surface area contributed by atoms with E-state index in [1.54, 1.807) is 0 Å². The summed E-state index contributed by atoms with van der Waals surface area (Å²) in [6.07, 6.45) is 0. The molecule has 3 heterocycles. The molecule has 5 nitrogen and oxygen atoms in total. The molecule has 0 bridgehead atoms. The van der Waals surface area contributed by atoms with Gasteiger partial charge in [-0.25, -0.2) is 4.98 Å². The number of nitrogens with zero attached hydrogens (tertiary/aromatic N) is 3. The highest BCUT2D eigenvalue weighted by molar-refractivity contribution is 7.24. The molecule has 1 N–H and O–H groups in total. The van der Waals surface area contributed by atoms with E-state index in [0.717, 1.165) is 63.5 Å². The van der Waals surface area contributed by atoms with Gasteiger partial charge in [0.1, 0.15) is 11.0 Å². The maximum Gasteiger partial charge on any atom is 0.259 e. The van der Waals surface area contributed by atoms with Crippen molar-refractivity contribution in [3.8, 4) is 0 Å². The highest BCUT2D eigenvalue weighted by Crippen LogP contribution is 2.35. The van der Waals surface area contributed by atoms with Gasteiger partial charge in [-0.3, -0.25) is 0 Å². The standard InChI is InChI=1S/C22H27N4OS/c1-15-11-17(25-5-3-23-4-6-25)13-19-21(15)24-22-16(2)12-18(14-20(22)28-19)26-7-9-27-10-8-26/h11-14,23H,3-10H2,1-2H3/q+1. The first kappa shape index (κ1) is 18.0. The molecule has 0 unspecified atom stereocenters. The smallest absolute Gasteiger partial charge is 0.259 e. The van der Waals surface area contributed by atoms with Crippen LogP contribution in [0, 0.1) is 13.8 Å². The van der Waals surface area contributed by atoms with Crippen LogP contribution in [0.3, 0.4) is 0 Å². The number of nitrogens with one attached hydrogen (secondary N) is 1. The lowest BCUT2D eigenvalue weighted by Crippen LogP contribution is -2.43. The molecule has 28 heavy (non-hydrogen) atoms. The van der Waals surface area contributed by atoms with Gasteiger partial charge in [0.25, 0.3) is 9.40 Å². The normalized spacial score (nSPS) is 18.2. The number of rotatable bonds is 2. The molecule has 0 radical (unpaired) electrons. The lowest BCUT2D eigenvalue weighted by atomic mass is 10.1. The molecule has 0 atom stereocenters. The third-order valence-electron chi connectivity index (χ3n) is 5.80. The second-order valence-electron chi connectivity index (χ2n) is 7.77. The highest BCUT2D eigenvalue weighted by Gasteiger charge is 2.22. The van der Waals surface area contributed by atoms with E-state index in [-0.39, 0.29) is 0 Å². The minimum absolute atomic E-state index is 0.809. The number of hydrogen-bond donors (Lipinski definition) is 1. The zero-order valence-corrected chi connectivity index (χ0v) is 17.4. The van der Waals surface area contributed by atoms with Crippen LogP contribution in [0.2, 0.25) is 0 Å². The molecular weight excluding hydrogens is 368 g/mol. The summed E-state index contributed by atoms with van der Waals surface area (Å²) in [5.41, 5.74) is 7.40. The number of fused-ring (bicyclic) bond motifs is 2. The number of anilines is 2. The van der Waals surface area contributed by atoms with E-state index in [2.05, 4.69) is 53.2 Å². The fourth-order valence-corrected chi connectivity index (χ4v) is 5.44. The quantitative estimate of drug-likeness (QED) is 0.530. The third kappa shape index (κ3) is 3.30. The van der Waals surface area contributed by atoms with Gasteiger partial charge in [0.2, 0.25) is 11.3 Å². The van der Waals surface area contributed by atoms with Crippen molar-refractivity contribution in [3.05, 3.63) is 35.4 Å². The molecule has 2 aliphatic heterocycles. The zero-order valence-electron chi connectivity index (χ0n) is 16.6. The molecule has 2 fully saturated rings. The molecule has 5 rings (SSSR count). The summed E-state index contributed by atoms with van der Waals surface area (Å²) in [6, 6.07) is 9.24. The molecule has 0 spiro atoms. The van der Waals surface area contributed by atoms with Crippen LogP contribution >= 0.6 is 11.3 Å². The second-order valence-corrected chi connectivity index (χ2v) is 8.85. The van der Waals surface area contributed by atoms with Gasteiger partial charge in [-0.1, -0.05) is 0 Å². The van der Waals surface area contributed by atoms with Crippen molar-refractivity contribution in [2.45, 2.75) is 13.8 Å². The lowest BCUT2D eigenvalue weighted by molar-refractivity contribution is 0.122. The summed E-state index contributed by atoms with van der Waals surface area (Å²) < 4.78 is 8.07. The fourth-order valence-electron chi connectivity index (χ4n) is 4.24. The van der Waals surface area contributed by atoms with E-state index >= 15 is 0 Å². The summed E-state index contributed by atoms with van der Waals surface area (Å²) in [5.74, 6) is 0. The van der Waals surface area contributed by atoms with E-state index in [9.17, 15) is 0 Å². The Hall–Kier alpha value is -2.02. The Balaban J connectivity index is 1.62. The second kappa shape index (κ2) is 7.43. The SMILES string of the molecule is Cc1cc(N2CCNCC2)cc2[s+]c3cc(N4CCOCC4)cc(C)c3nc12. The van der Waals surface area contributed by atoms with Crippen molar-refractivity contribution in [3.63, 3.8) is 0 Å². The average Bonchev–Trinajstić information content (AvgIpc) is 2.74. The number of aromatic nitrogens is 1. The van der Waals surface area contributed by atoms with Gasteiger partial charge in [0.15, 0.2) is 0 Å². The van der Waals surface area contributed by atoms with Gasteiger partial charge < -0.3 is 19.9 Å². The van der Waals surface area contributed by atoms with E-state index in [4.69, 9.17) is 9.72 Å². The summed E-state index contributed by atoms with van der Waals surface area (Å²) >= 11 is 1.87. The highest BCUT2D eigenvalue weighted by atomic mass is 32.1. The molecule has 6 heteroatoms. The summed E-state index contributed by atoms with van der Waals surface area (Å²) in [4.78, 5) is 9.99. The van der Waals surface area contributed by atoms with Crippen molar-refractivity contribution < 1.29 is 4.74 Å². The van der Waals surface area contributed by atoms with E-state index < -0.39 is 0 Å². The maximum absolute atomic E-state index is 5.52. The van der Waals surface area contributed by atoms with Gasteiger partial charge in [-0.15, -0.1) is 0 Å². The average molecular weight is 396 g/mol. The predicted octanol–water partition coefficient (Wildman–Crippen LogP) is 3.59. The van der Waals surface area contributed by atoms with Crippen molar-refractivity contribution in [1.29, 1.82) is 0 Å². The Kier molecular flexibility index (Phi) is 4.78. The van der Waals surface area contributed by atoms with Crippen LogP contribution in [0.25, 0.3) is 20.4 Å². The third-order valence-corrected chi connectivity index (χ3v) is 6.86. The monoisotopic (exact) mass is 395 g/mol.